The van der Waals surface area contributed by atoms with Crippen LogP contribution in [0, 0.1) is 0 Å². The minimum Gasteiger partial charge on any atom is -0.449 e. The van der Waals surface area contributed by atoms with Gasteiger partial charge < -0.3 is 4.74 Å². The average Bonchev–Trinajstić information content (AvgIpc) is 2.37. The first-order valence-electron chi connectivity index (χ1n) is 2.88. The smallest absolute Gasteiger partial charge is 0.417 e. The van der Waals surface area contributed by atoms with E-state index in [1.165, 1.54) is 0 Å². The number of ether oxygens (including phenoxy) is 1. The standard InChI is InChI=1S/C5H7ClN2O2/c1-2-9-5-7-4(3-6)8-10-5/h2-3H2,1H3. The van der Waals surface area contributed by atoms with Gasteiger partial charge in [-0.15, -0.1) is 11.6 Å². The third kappa shape index (κ3) is 1.60. The lowest BCUT2D eigenvalue weighted by Gasteiger charge is -1.89. The highest BCUT2D eigenvalue weighted by Gasteiger charge is 2.03. The van der Waals surface area contributed by atoms with Gasteiger partial charge in [-0.1, -0.05) is 5.16 Å². The fraction of sp³-hybridized carbons (Fsp3) is 0.600. The molecule has 0 saturated carbocycles. The first kappa shape index (κ1) is 7.34. The molecule has 1 aromatic heterocycles. The van der Waals surface area contributed by atoms with Gasteiger partial charge >= 0.3 is 6.08 Å². The van der Waals surface area contributed by atoms with Gasteiger partial charge in [0, 0.05) is 0 Å². The second kappa shape index (κ2) is 3.41. The van der Waals surface area contributed by atoms with Gasteiger partial charge in [-0.25, -0.2) is 0 Å². The number of rotatable bonds is 3. The van der Waals surface area contributed by atoms with Crippen molar-refractivity contribution in [2.24, 2.45) is 0 Å². The number of aromatic nitrogens is 2. The molecule has 0 saturated heterocycles. The van der Waals surface area contributed by atoms with E-state index < -0.39 is 0 Å². The molecule has 0 aliphatic heterocycles. The minimum atomic E-state index is 0.179. The molecular formula is C5H7ClN2O2. The van der Waals surface area contributed by atoms with E-state index in [9.17, 15) is 0 Å². The van der Waals surface area contributed by atoms with Crippen LogP contribution in [0.25, 0.3) is 0 Å². The monoisotopic (exact) mass is 162 g/mol. The summed E-state index contributed by atoms with van der Waals surface area (Å²) in [7, 11) is 0. The zero-order valence-electron chi connectivity index (χ0n) is 5.50. The average molecular weight is 163 g/mol. The lowest BCUT2D eigenvalue weighted by atomic mass is 10.7. The summed E-state index contributed by atoms with van der Waals surface area (Å²) in [5.74, 6) is 0.696. The molecule has 4 nitrogen and oxygen atoms in total. The van der Waals surface area contributed by atoms with Gasteiger partial charge in [-0.3, -0.25) is 4.52 Å². The molecule has 1 aromatic rings. The highest BCUT2D eigenvalue weighted by Crippen LogP contribution is 2.06. The zero-order chi connectivity index (χ0) is 7.40. The minimum absolute atomic E-state index is 0.179. The van der Waals surface area contributed by atoms with Crippen LogP contribution in [-0.2, 0) is 5.88 Å². The van der Waals surface area contributed by atoms with Gasteiger partial charge in [0.25, 0.3) is 0 Å². The van der Waals surface area contributed by atoms with Crippen molar-refractivity contribution in [2.45, 2.75) is 12.8 Å². The van der Waals surface area contributed by atoms with Crippen molar-refractivity contribution in [3.05, 3.63) is 5.82 Å². The highest BCUT2D eigenvalue weighted by atomic mass is 35.5. The first-order valence-corrected chi connectivity index (χ1v) is 3.41. The van der Waals surface area contributed by atoms with Crippen LogP contribution in [-0.4, -0.2) is 16.7 Å². The maximum absolute atomic E-state index is 5.40. The summed E-state index contributed by atoms with van der Waals surface area (Å²) in [6, 6.07) is 0. The molecule has 1 heterocycles. The summed E-state index contributed by atoms with van der Waals surface area (Å²) in [6.07, 6.45) is 0.179. The van der Waals surface area contributed by atoms with E-state index >= 15 is 0 Å². The second-order valence-electron chi connectivity index (χ2n) is 1.54. The molecule has 0 fully saturated rings. The molecule has 0 radical (unpaired) electrons. The normalized spacial score (nSPS) is 9.80. The Bertz CT molecular complexity index is 201. The summed E-state index contributed by atoms with van der Waals surface area (Å²) in [6.45, 7) is 2.36. The maximum Gasteiger partial charge on any atom is 0.417 e. The molecule has 0 N–H and O–H groups in total. The Kier molecular flexibility index (Phi) is 2.50. The Hall–Kier alpha value is -0.770. The van der Waals surface area contributed by atoms with Crippen LogP contribution < -0.4 is 4.74 Å². The molecule has 0 unspecified atom stereocenters. The van der Waals surface area contributed by atoms with Gasteiger partial charge in [0.15, 0.2) is 5.82 Å². The molecule has 0 aromatic carbocycles. The Morgan fingerprint density at radius 1 is 1.70 bits per heavy atom. The molecule has 0 bridgehead atoms. The van der Waals surface area contributed by atoms with Crippen LogP contribution in [0.1, 0.15) is 12.7 Å². The van der Waals surface area contributed by atoms with Crippen LogP contribution in [0.5, 0.6) is 6.08 Å². The molecule has 1 rings (SSSR count). The van der Waals surface area contributed by atoms with Crippen LogP contribution in [0.15, 0.2) is 4.52 Å². The van der Waals surface area contributed by atoms with Crippen molar-refractivity contribution < 1.29 is 9.26 Å². The van der Waals surface area contributed by atoms with E-state index in [0.717, 1.165) is 0 Å². The number of hydrogen-bond donors (Lipinski definition) is 0. The summed E-state index contributed by atoms with van der Waals surface area (Å²) < 4.78 is 9.52. The van der Waals surface area contributed by atoms with Crippen molar-refractivity contribution in [1.82, 2.24) is 10.1 Å². The lowest BCUT2D eigenvalue weighted by Crippen LogP contribution is -1.90. The third-order valence-electron chi connectivity index (χ3n) is 0.837. The van der Waals surface area contributed by atoms with Crippen molar-refractivity contribution in [3.63, 3.8) is 0 Å². The zero-order valence-corrected chi connectivity index (χ0v) is 6.26. The Morgan fingerprint density at radius 3 is 3.00 bits per heavy atom. The number of halogens is 1. The predicted octanol–water partition coefficient (Wildman–Crippen LogP) is 1.21. The van der Waals surface area contributed by atoms with Gasteiger partial charge in [-0.2, -0.15) is 4.98 Å². The SMILES string of the molecule is CCOc1nc(CCl)no1. The summed E-state index contributed by atoms with van der Waals surface area (Å²) in [5, 5.41) is 3.51. The molecule has 0 aliphatic rings. The molecule has 0 aliphatic carbocycles. The summed E-state index contributed by atoms with van der Waals surface area (Å²) in [4.78, 5) is 3.79. The lowest BCUT2D eigenvalue weighted by molar-refractivity contribution is 0.215. The van der Waals surface area contributed by atoms with Crippen molar-refractivity contribution in [2.75, 3.05) is 6.61 Å². The first-order chi connectivity index (χ1) is 4.86. The van der Waals surface area contributed by atoms with E-state index in [4.69, 9.17) is 16.3 Å². The van der Waals surface area contributed by atoms with Gasteiger partial charge in [0.1, 0.15) is 0 Å². The van der Waals surface area contributed by atoms with E-state index in [-0.39, 0.29) is 12.0 Å². The molecule has 0 atom stereocenters. The van der Waals surface area contributed by atoms with E-state index in [1.807, 2.05) is 6.92 Å². The molecule has 5 heteroatoms. The molecule has 0 amide bonds. The van der Waals surface area contributed by atoms with Gasteiger partial charge in [-0.05, 0) is 6.92 Å². The van der Waals surface area contributed by atoms with Crippen LogP contribution in [0.4, 0.5) is 0 Å². The Balaban J connectivity index is 2.59. The number of alkyl halides is 1. The van der Waals surface area contributed by atoms with Gasteiger partial charge in [0.2, 0.25) is 0 Å². The van der Waals surface area contributed by atoms with E-state index in [0.29, 0.717) is 12.4 Å². The summed E-state index contributed by atoms with van der Waals surface area (Å²) >= 11 is 5.40. The van der Waals surface area contributed by atoms with Crippen molar-refractivity contribution >= 4 is 11.6 Å². The van der Waals surface area contributed by atoms with Crippen molar-refractivity contribution in [1.29, 1.82) is 0 Å². The third-order valence-corrected chi connectivity index (χ3v) is 1.08. The maximum atomic E-state index is 5.40. The molecule has 10 heavy (non-hydrogen) atoms. The van der Waals surface area contributed by atoms with Crippen LogP contribution in [0.3, 0.4) is 0 Å². The number of nitrogens with zero attached hydrogens (tertiary/aromatic N) is 2. The highest BCUT2D eigenvalue weighted by molar-refractivity contribution is 6.16. The topological polar surface area (TPSA) is 48.2 Å². The predicted molar refractivity (Wildman–Crippen MR) is 35.0 cm³/mol. The van der Waals surface area contributed by atoms with E-state index in [2.05, 4.69) is 14.7 Å². The van der Waals surface area contributed by atoms with Crippen LogP contribution >= 0.6 is 11.6 Å². The quantitative estimate of drug-likeness (QED) is 0.627. The molecular weight excluding hydrogens is 156 g/mol. The Labute approximate surface area is 63.1 Å². The fourth-order valence-corrected chi connectivity index (χ4v) is 0.583. The molecule has 56 valence electrons. The number of hydrogen-bond acceptors (Lipinski definition) is 4. The second-order valence-corrected chi connectivity index (χ2v) is 1.81. The van der Waals surface area contributed by atoms with E-state index in [1.54, 1.807) is 0 Å². The Morgan fingerprint density at radius 2 is 2.50 bits per heavy atom. The molecule has 0 spiro atoms. The van der Waals surface area contributed by atoms with Gasteiger partial charge in [0.05, 0.1) is 12.5 Å². The van der Waals surface area contributed by atoms with Crippen molar-refractivity contribution in [3.8, 4) is 6.08 Å². The van der Waals surface area contributed by atoms with Crippen LogP contribution in [0.2, 0.25) is 0 Å². The largest absolute Gasteiger partial charge is 0.449 e. The summed E-state index contributed by atoms with van der Waals surface area (Å²) in [5.41, 5.74) is 0. The fourth-order valence-electron chi connectivity index (χ4n) is 0.474.